The third kappa shape index (κ3) is 6.54. The van der Waals surface area contributed by atoms with E-state index in [4.69, 9.17) is 0 Å². The Bertz CT molecular complexity index is 312. The Labute approximate surface area is 133 Å². The van der Waals surface area contributed by atoms with Crippen molar-refractivity contribution in [1.29, 1.82) is 0 Å². The van der Waals surface area contributed by atoms with E-state index >= 15 is 0 Å². The van der Waals surface area contributed by atoms with Crippen molar-refractivity contribution in [2.45, 2.75) is 15.7 Å². The van der Waals surface area contributed by atoms with Gasteiger partial charge in [-0.25, -0.2) is 0 Å². The van der Waals surface area contributed by atoms with Crippen LogP contribution < -0.4 is 34.7 Å². The molecule has 0 aromatic heterocycles. The average molecular weight is 441 g/mol. The van der Waals surface area contributed by atoms with E-state index in [1.54, 1.807) is 20.4 Å². The maximum atomic E-state index is 10.7. The van der Waals surface area contributed by atoms with E-state index in [1.807, 2.05) is 12.1 Å². The molecule has 0 N–H and O–H groups in total. The summed E-state index contributed by atoms with van der Waals surface area (Å²) in [6.07, 6.45) is 0. The van der Waals surface area contributed by atoms with Crippen molar-refractivity contribution in [3.63, 3.8) is 0 Å². The second kappa shape index (κ2) is 10.4. The number of aromatic carboxylic acids is 1. The molecule has 0 atom stereocenters. The number of hydrogen-bond donors (Lipinski definition) is 0. The van der Waals surface area contributed by atoms with Crippen LogP contribution in [0.2, 0.25) is 3.93 Å². The molecule has 0 spiro atoms. The van der Waals surface area contributed by atoms with Crippen molar-refractivity contribution in [2.24, 2.45) is 0 Å². The standard InChI is InChI=1S/C7H6O2S.C2H5.ClH.Hg.Na/c8-7(9)5-3-1-2-4-6(5)10;1-2;;;/h1-4,10H,(H,8,9);1H2,2H3;1H;;/q;;;2*+1/p-2. The molecule has 0 aliphatic heterocycles. The van der Waals surface area contributed by atoms with E-state index < -0.39 is 29.0 Å². The van der Waals surface area contributed by atoms with Crippen LogP contribution in [-0.4, -0.2) is 5.97 Å². The molecule has 0 amide bonds. The molecule has 0 heterocycles. The molecular formula is C9H10ClHgNaO2S. The average Bonchev–Trinajstić information content (AvgIpc) is 2.15. The molecule has 0 aliphatic carbocycles. The van der Waals surface area contributed by atoms with E-state index in [9.17, 15) is 9.90 Å². The molecule has 0 saturated carbocycles. The SMILES string of the molecule is C[CH2][Hg][S]c1ccccc1C(=O)[O-].Cl.[Na+]. The van der Waals surface area contributed by atoms with Gasteiger partial charge >= 0.3 is 122 Å². The Balaban J connectivity index is 0. The molecule has 1 rings (SSSR count). The fourth-order valence-electron chi connectivity index (χ4n) is 0.973. The van der Waals surface area contributed by atoms with Gasteiger partial charge < -0.3 is 0 Å². The van der Waals surface area contributed by atoms with Crippen molar-refractivity contribution >= 4 is 26.6 Å². The first-order valence-corrected chi connectivity index (χ1v) is 15.8. The maximum Gasteiger partial charge on any atom is 1.00 e. The first-order valence-electron chi connectivity index (χ1n) is 4.19. The van der Waals surface area contributed by atoms with Gasteiger partial charge in [-0.1, -0.05) is 0 Å². The number of benzene rings is 1. The predicted octanol–water partition coefficient (Wildman–Crippen LogP) is -0.996. The third-order valence-electron chi connectivity index (χ3n) is 1.57. The summed E-state index contributed by atoms with van der Waals surface area (Å²) in [6, 6.07) is 7.09. The summed E-state index contributed by atoms with van der Waals surface area (Å²) < 4.78 is 1.26. The predicted molar refractivity (Wildman–Crippen MR) is 54.4 cm³/mol. The van der Waals surface area contributed by atoms with Gasteiger partial charge in [-0.15, -0.1) is 12.4 Å². The van der Waals surface area contributed by atoms with Crippen molar-refractivity contribution in [1.82, 2.24) is 0 Å². The second-order valence-corrected chi connectivity index (χ2v) is 15.8. The number of carbonyl (C=O) groups excluding carboxylic acids is 1. The van der Waals surface area contributed by atoms with Crippen molar-refractivity contribution < 1.29 is 62.5 Å². The summed E-state index contributed by atoms with van der Waals surface area (Å²) in [6.45, 7) is 2.16. The van der Waals surface area contributed by atoms with Gasteiger partial charge in [0.2, 0.25) is 0 Å². The summed E-state index contributed by atoms with van der Waals surface area (Å²) in [7, 11) is 1.78. The van der Waals surface area contributed by atoms with Gasteiger partial charge in [0, 0.05) is 0 Å². The van der Waals surface area contributed by atoms with Gasteiger partial charge in [-0.3, -0.25) is 0 Å². The fraction of sp³-hybridized carbons (Fsp3) is 0.222. The Morgan fingerprint density at radius 2 is 2.07 bits per heavy atom. The Hall–Kier alpha value is 1.27. The Morgan fingerprint density at radius 3 is 2.60 bits per heavy atom. The molecule has 2 nitrogen and oxygen atoms in total. The number of rotatable bonds is 4. The number of carboxylic acid groups (broad SMARTS) is 1. The van der Waals surface area contributed by atoms with Crippen LogP contribution in [0, 0.1) is 0 Å². The molecule has 1 aromatic carbocycles. The number of carbonyl (C=O) groups is 1. The summed E-state index contributed by atoms with van der Waals surface area (Å²) in [5.74, 6) is -1.06. The van der Waals surface area contributed by atoms with E-state index in [0.29, 0.717) is 5.56 Å². The van der Waals surface area contributed by atoms with Crippen LogP contribution in [0.1, 0.15) is 17.3 Å². The topological polar surface area (TPSA) is 40.1 Å². The molecule has 0 radical (unpaired) electrons. The zero-order valence-electron chi connectivity index (χ0n) is 8.86. The van der Waals surface area contributed by atoms with Crippen LogP contribution in [0.5, 0.6) is 0 Å². The monoisotopic (exact) mass is 442 g/mol. The van der Waals surface area contributed by atoms with Crippen LogP contribution in [0.15, 0.2) is 29.2 Å². The summed E-state index contributed by atoms with van der Waals surface area (Å²) >= 11 is -0.888. The molecule has 0 fully saturated rings. The van der Waals surface area contributed by atoms with E-state index in [1.165, 1.54) is 3.93 Å². The number of halogens is 1. The van der Waals surface area contributed by atoms with Gasteiger partial charge in [-0.2, -0.15) is 0 Å². The van der Waals surface area contributed by atoms with E-state index in [2.05, 4.69) is 6.92 Å². The van der Waals surface area contributed by atoms with Crippen LogP contribution in [0.25, 0.3) is 0 Å². The van der Waals surface area contributed by atoms with Crippen LogP contribution in [0.3, 0.4) is 0 Å². The van der Waals surface area contributed by atoms with Gasteiger partial charge in [-0.05, 0) is 0 Å². The second-order valence-electron chi connectivity index (χ2n) is 2.63. The molecule has 0 aliphatic rings. The first kappa shape index (κ1) is 18.6. The minimum Gasteiger partial charge on any atom is -0.147 e. The van der Waals surface area contributed by atoms with Crippen molar-refractivity contribution in [3.8, 4) is 0 Å². The van der Waals surface area contributed by atoms with Gasteiger partial charge in [0.1, 0.15) is 0 Å². The van der Waals surface area contributed by atoms with E-state index in [-0.39, 0.29) is 42.0 Å². The fourth-order valence-corrected chi connectivity index (χ4v) is 9.76. The summed E-state index contributed by atoms with van der Waals surface area (Å²) in [5.41, 5.74) is 0.348. The quantitative estimate of drug-likeness (QED) is 0.564. The van der Waals surface area contributed by atoms with Gasteiger partial charge in [0.05, 0.1) is 0 Å². The summed E-state index contributed by atoms with van der Waals surface area (Å²) in [5, 5.41) is 10.7. The van der Waals surface area contributed by atoms with Crippen LogP contribution in [-0.2, 0) is 23.1 Å². The molecule has 1 aromatic rings. The Kier molecular flexibility index (Phi) is 12.9. The molecule has 0 unspecified atom stereocenters. The minimum atomic E-state index is -1.06. The summed E-state index contributed by atoms with van der Waals surface area (Å²) in [4.78, 5) is 11.6. The van der Waals surface area contributed by atoms with Crippen molar-refractivity contribution in [3.05, 3.63) is 29.8 Å². The number of carboxylic acids is 1. The number of hydrogen-bond acceptors (Lipinski definition) is 3. The Morgan fingerprint density at radius 1 is 1.47 bits per heavy atom. The van der Waals surface area contributed by atoms with Gasteiger partial charge in [0.15, 0.2) is 0 Å². The van der Waals surface area contributed by atoms with Crippen LogP contribution >= 0.6 is 20.6 Å². The zero-order valence-corrected chi connectivity index (χ0v) is 18.0. The van der Waals surface area contributed by atoms with E-state index in [0.717, 1.165) is 4.90 Å². The largest absolute Gasteiger partial charge is 1.00 e. The van der Waals surface area contributed by atoms with Gasteiger partial charge in [0.25, 0.3) is 0 Å². The van der Waals surface area contributed by atoms with Crippen LogP contribution in [0.4, 0.5) is 0 Å². The zero-order chi connectivity index (χ0) is 9.68. The molecular weight excluding hydrogens is 431 g/mol. The molecule has 15 heavy (non-hydrogen) atoms. The smallest absolute Gasteiger partial charge is 0.147 e. The molecule has 6 heteroatoms. The van der Waals surface area contributed by atoms with Crippen molar-refractivity contribution in [2.75, 3.05) is 0 Å². The first-order chi connectivity index (χ1) is 6.25. The third-order valence-corrected chi connectivity index (χ3v) is 13.6. The molecule has 0 saturated heterocycles. The normalized spacial score (nSPS) is 8.07. The molecule has 74 valence electrons. The maximum absolute atomic E-state index is 10.7. The minimum absolute atomic E-state index is 0. The molecule has 0 bridgehead atoms.